The van der Waals surface area contributed by atoms with E-state index in [9.17, 15) is 9.90 Å². The zero-order chi connectivity index (χ0) is 5.70. The topological polar surface area (TPSA) is 81.6 Å². The number of carbonyl (C=O) groups is 1. The van der Waals surface area contributed by atoms with Gasteiger partial charge in [-0.15, -0.1) is 0 Å². The predicted octanol–water partition coefficient (Wildman–Crippen LogP) is -1.83. The van der Waals surface area contributed by atoms with E-state index in [0.29, 0.717) is 0 Å². The van der Waals surface area contributed by atoms with Crippen molar-refractivity contribution in [3.05, 3.63) is 0 Å². The SMILES string of the molecule is O=C=NNC(=O)[O-]. The Kier molecular flexibility index (Phi) is 2.31. The molecule has 0 aromatic heterocycles. The molecule has 0 aromatic carbocycles. The van der Waals surface area contributed by atoms with Gasteiger partial charge in [0.1, 0.15) is 0 Å². The molecule has 0 radical (unpaired) electrons. The van der Waals surface area contributed by atoms with Crippen LogP contribution in [0.1, 0.15) is 0 Å². The Labute approximate surface area is 38.6 Å². The van der Waals surface area contributed by atoms with Crippen LogP contribution in [0.3, 0.4) is 0 Å². The summed E-state index contributed by atoms with van der Waals surface area (Å²) < 4.78 is 0. The van der Waals surface area contributed by atoms with Crippen LogP contribution in [0.15, 0.2) is 5.10 Å². The Morgan fingerprint density at radius 3 is 2.57 bits per heavy atom. The molecule has 5 nitrogen and oxygen atoms in total. The summed E-state index contributed by atoms with van der Waals surface area (Å²) in [5.41, 5.74) is 1.30. The summed E-state index contributed by atoms with van der Waals surface area (Å²) >= 11 is 0. The van der Waals surface area contributed by atoms with Gasteiger partial charge in [-0.1, -0.05) is 5.10 Å². The third-order valence-corrected chi connectivity index (χ3v) is 0.193. The number of isocyanates is 1. The second kappa shape index (κ2) is 2.87. The van der Waals surface area contributed by atoms with Crippen LogP contribution in [0.2, 0.25) is 0 Å². The predicted molar refractivity (Wildman–Crippen MR) is 16.7 cm³/mol. The van der Waals surface area contributed by atoms with E-state index < -0.39 is 6.09 Å². The number of carboxylic acid groups (broad SMARTS) is 1. The van der Waals surface area contributed by atoms with Crippen LogP contribution in [0, 0.1) is 0 Å². The van der Waals surface area contributed by atoms with E-state index in [1.165, 1.54) is 5.43 Å². The van der Waals surface area contributed by atoms with Crippen LogP contribution in [-0.2, 0) is 4.79 Å². The lowest BCUT2D eigenvalue weighted by Crippen LogP contribution is -2.32. The van der Waals surface area contributed by atoms with Gasteiger partial charge < -0.3 is 9.90 Å². The first-order valence-corrected chi connectivity index (χ1v) is 1.31. The van der Waals surface area contributed by atoms with Crippen LogP contribution >= 0.6 is 0 Å². The van der Waals surface area contributed by atoms with E-state index in [-0.39, 0.29) is 0 Å². The summed E-state index contributed by atoms with van der Waals surface area (Å²) in [6, 6.07) is 0. The summed E-state index contributed by atoms with van der Waals surface area (Å²) in [5, 5.41) is 11.7. The highest BCUT2D eigenvalue weighted by molar-refractivity contribution is 5.62. The van der Waals surface area contributed by atoms with Gasteiger partial charge in [0.15, 0.2) is 6.09 Å². The third-order valence-electron chi connectivity index (χ3n) is 0.193. The highest BCUT2D eigenvalue weighted by Crippen LogP contribution is 1.48. The molecule has 38 valence electrons. The Balaban J connectivity index is 3.32. The Morgan fingerprint density at radius 2 is 2.43 bits per heavy atom. The number of hydrogen-bond donors (Lipinski definition) is 1. The second-order valence-electron chi connectivity index (χ2n) is 0.602. The first kappa shape index (κ1) is 5.65. The summed E-state index contributed by atoms with van der Waals surface area (Å²) in [7, 11) is 0. The highest BCUT2D eigenvalue weighted by atomic mass is 16.4. The van der Waals surface area contributed by atoms with E-state index in [1.807, 2.05) is 0 Å². The van der Waals surface area contributed by atoms with Crippen molar-refractivity contribution in [2.24, 2.45) is 5.10 Å². The molecule has 7 heavy (non-hydrogen) atoms. The molecular weight excluding hydrogens is 100 g/mol. The van der Waals surface area contributed by atoms with Crippen LogP contribution in [0.4, 0.5) is 4.79 Å². The van der Waals surface area contributed by atoms with Crippen molar-refractivity contribution in [1.29, 1.82) is 0 Å². The van der Waals surface area contributed by atoms with E-state index in [4.69, 9.17) is 4.79 Å². The average molecular weight is 101 g/mol. The summed E-state index contributed by atoms with van der Waals surface area (Å²) in [5.74, 6) is 0. The maximum atomic E-state index is 9.26. The van der Waals surface area contributed by atoms with Gasteiger partial charge in [0.2, 0.25) is 0 Å². The van der Waals surface area contributed by atoms with Gasteiger partial charge >= 0.3 is 0 Å². The average Bonchev–Trinajstić information content (AvgIpc) is 1.61. The van der Waals surface area contributed by atoms with Crippen molar-refractivity contribution in [2.75, 3.05) is 0 Å². The van der Waals surface area contributed by atoms with Gasteiger partial charge in [-0.3, -0.25) is 5.43 Å². The molecule has 5 heteroatoms. The quantitative estimate of drug-likeness (QED) is 0.239. The number of hydrazone groups is 1. The van der Waals surface area contributed by atoms with Crippen molar-refractivity contribution >= 4 is 12.2 Å². The summed E-state index contributed by atoms with van der Waals surface area (Å²) in [4.78, 5) is 18.3. The fourth-order valence-electron chi connectivity index (χ4n) is 0.0685. The largest absolute Gasteiger partial charge is 0.529 e. The van der Waals surface area contributed by atoms with Gasteiger partial charge in [-0.05, 0) is 0 Å². The van der Waals surface area contributed by atoms with Crippen molar-refractivity contribution in [3.8, 4) is 0 Å². The third kappa shape index (κ3) is 4.65. The molecule has 0 unspecified atom stereocenters. The molecule has 0 atom stereocenters. The van der Waals surface area contributed by atoms with Gasteiger partial charge in [0.25, 0.3) is 6.08 Å². The highest BCUT2D eigenvalue weighted by Gasteiger charge is 1.68. The van der Waals surface area contributed by atoms with Crippen LogP contribution in [-0.4, -0.2) is 12.2 Å². The lowest BCUT2D eigenvalue weighted by atomic mass is 11.3. The summed E-state index contributed by atoms with van der Waals surface area (Å²) in [6.45, 7) is 0. The minimum atomic E-state index is -1.62. The Morgan fingerprint density at radius 1 is 1.86 bits per heavy atom. The van der Waals surface area contributed by atoms with E-state index in [1.54, 1.807) is 0 Å². The maximum Gasteiger partial charge on any atom is 0.258 e. The molecule has 0 aromatic rings. The molecule has 0 saturated heterocycles. The number of carbonyl (C=O) groups excluding carboxylic acids is 2. The molecule has 0 spiro atoms. The Bertz CT molecular complexity index is 114. The molecule has 0 aliphatic carbocycles. The standard InChI is InChI=1S/C2H2N2O3/c5-1-3-4-2(6)7/h4H,(H,6,7)/p-1. The monoisotopic (exact) mass is 101 g/mol. The van der Waals surface area contributed by atoms with Crippen molar-refractivity contribution < 1.29 is 14.7 Å². The number of amides is 1. The zero-order valence-corrected chi connectivity index (χ0v) is 3.17. The smallest absolute Gasteiger partial charge is 0.258 e. The van der Waals surface area contributed by atoms with Crippen LogP contribution in [0.25, 0.3) is 0 Å². The maximum absolute atomic E-state index is 9.26. The number of nitrogens with zero attached hydrogens (tertiary/aromatic N) is 1. The molecule has 1 N–H and O–H groups in total. The second-order valence-corrected chi connectivity index (χ2v) is 0.602. The Hall–Kier alpha value is -1.35. The van der Waals surface area contributed by atoms with Gasteiger partial charge in [-0.2, -0.15) is 0 Å². The normalized spacial score (nSPS) is 6.29. The first-order valence-electron chi connectivity index (χ1n) is 1.31. The number of nitrogens with one attached hydrogen (secondary N) is 1. The lowest BCUT2D eigenvalue weighted by molar-refractivity contribution is -0.250. The van der Waals surface area contributed by atoms with Crippen LogP contribution in [0.5, 0.6) is 0 Å². The fraction of sp³-hybridized carbons (Fsp3) is 0. The van der Waals surface area contributed by atoms with E-state index in [2.05, 4.69) is 5.10 Å². The minimum absolute atomic E-state index is 0.942. The van der Waals surface area contributed by atoms with Crippen LogP contribution < -0.4 is 10.5 Å². The van der Waals surface area contributed by atoms with Gasteiger partial charge in [0.05, 0.1) is 0 Å². The van der Waals surface area contributed by atoms with Gasteiger partial charge in [0, 0.05) is 0 Å². The first-order chi connectivity index (χ1) is 3.27. The molecule has 0 bridgehead atoms. The summed E-state index contributed by atoms with van der Waals surface area (Å²) in [6.07, 6.45) is -0.680. The van der Waals surface area contributed by atoms with Gasteiger partial charge in [-0.25, -0.2) is 4.79 Å². The number of rotatable bonds is 1. The van der Waals surface area contributed by atoms with E-state index in [0.717, 1.165) is 6.08 Å². The molecule has 0 heterocycles. The molecule has 0 rings (SSSR count). The van der Waals surface area contributed by atoms with Crippen molar-refractivity contribution in [3.63, 3.8) is 0 Å². The molecule has 0 fully saturated rings. The molecule has 0 saturated carbocycles. The molecule has 0 aliphatic rings. The zero-order valence-electron chi connectivity index (χ0n) is 3.17. The van der Waals surface area contributed by atoms with E-state index >= 15 is 0 Å². The van der Waals surface area contributed by atoms with Crippen molar-refractivity contribution in [1.82, 2.24) is 5.43 Å². The fourth-order valence-corrected chi connectivity index (χ4v) is 0.0685. The molecular formula is C2HN2O3-. The molecule has 0 aliphatic heterocycles. The van der Waals surface area contributed by atoms with Crippen molar-refractivity contribution in [2.45, 2.75) is 0 Å². The number of hydrogen-bond acceptors (Lipinski definition) is 4. The lowest BCUT2D eigenvalue weighted by Gasteiger charge is -1.91. The minimum Gasteiger partial charge on any atom is -0.529 e. The molecule has 1 amide bonds.